The Morgan fingerprint density at radius 2 is 2.26 bits per heavy atom. The molecule has 6 heteroatoms. The predicted molar refractivity (Wildman–Crippen MR) is 80.7 cm³/mol. The van der Waals surface area contributed by atoms with Crippen molar-refractivity contribution in [3.63, 3.8) is 0 Å². The Bertz CT molecular complexity index is 679. The van der Waals surface area contributed by atoms with Crippen LogP contribution < -0.4 is 0 Å². The molecular formula is C17H21N3O3. The molecule has 0 spiro atoms. The Morgan fingerprint density at radius 3 is 3.09 bits per heavy atom. The zero-order valence-corrected chi connectivity index (χ0v) is 13.1. The van der Waals surface area contributed by atoms with E-state index in [1.807, 2.05) is 12.3 Å². The summed E-state index contributed by atoms with van der Waals surface area (Å²) in [5, 5.41) is 8.52. The summed E-state index contributed by atoms with van der Waals surface area (Å²) < 4.78 is 16.9. The van der Waals surface area contributed by atoms with Crippen molar-refractivity contribution in [2.24, 2.45) is 11.3 Å². The van der Waals surface area contributed by atoms with Crippen molar-refractivity contribution in [3.05, 3.63) is 35.9 Å². The van der Waals surface area contributed by atoms with Gasteiger partial charge in [0.2, 0.25) is 11.8 Å². The second-order valence-electron chi connectivity index (χ2n) is 7.36. The highest BCUT2D eigenvalue weighted by molar-refractivity contribution is 5.10. The molecule has 0 radical (unpaired) electrons. The first-order chi connectivity index (χ1) is 11.3. The SMILES string of the molecule is c1cc(CN2C[C@H]3COC[C@@]3(Cc3nnc(C4CC4)o3)C2)co1. The fourth-order valence-electron chi connectivity index (χ4n) is 4.09. The Balaban J connectivity index is 1.32. The zero-order chi connectivity index (χ0) is 15.3. The van der Waals surface area contributed by atoms with Crippen molar-refractivity contribution in [1.82, 2.24) is 15.1 Å². The Hall–Kier alpha value is -1.66. The number of aromatic nitrogens is 2. The molecule has 5 rings (SSSR count). The Labute approximate surface area is 134 Å². The van der Waals surface area contributed by atoms with Gasteiger partial charge < -0.3 is 13.6 Å². The van der Waals surface area contributed by atoms with Gasteiger partial charge in [0.05, 0.1) is 25.7 Å². The van der Waals surface area contributed by atoms with Gasteiger partial charge in [-0.3, -0.25) is 4.90 Å². The standard InChI is InChI=1S/C17H21N3O3/c1-2-13(1)16-19-18-15(23-16)5-17-10-20(6-12-3-4-21-8-12)7-14(17)9-22-11-17/h3-4,8,13-14H,1-2,5-7,9-11H2/t14-,17+/m0/s1. The molecule has 0 unspecified atom stereocenters. The second kappa shape index (κ2) is 5.18. The Kier molecular flexibility index (Phi) is 3.09. The first kappa shape index (κ1) is 13.7. The van der Waals surface area contributed by atoms with Crippen molar-refractivity contribution in [1.29, 1.82) is 0 Å². The van der Waals surface area contributed by atoms with Crippen molar-refractivity contribution >= 4 is 0 Å². The van der Waals surface area contributed by atoms with E-state index in [2.05, 4.69) is 15.1 Å². The minimum Gasteiger partial charge on any atom is -0.472 e. The second-order valence-corrected chi connectivity index (χ2v) is 7.36. The molecule has 0 bridgehead atoms. The lowest BCUT2D eigenvalue weighted by molar-refractivity contribution is 0.123. The summed E-state index contributed by atoms with van der Waals surface area (Å²) in [7, 11) is 0. The zero-order valence-electron chi connectivity index (χ0n) is 13.1. The van der Waals surface area contributed by atoms with Crippen LogP contribution in [0.2, 0.25) is 0 Å². The van der Waals surface area contributed by atoms with Crippen LogP contribution in [0, 0.1) is 11.3 Å². The highest BCUT2D eigenvalue weighted by Crippen LogP contribution is 2.45. The number of furan rings is 1. The van der Waals surface area contributed by atoms with Gasteiger partial charge in [0.25, 0.3) is 0 Å². The van der Waals surface area contributed by atoms with Crippen LogP contribution in [0.25, 0.3) is 0 Å². The molecule has 6 nitrogen and oxygen atoms in total. The van der Waals surface area contributed by atoms with E-state index in [1.165, 1.54) is 18.4 Å². The van der Waals surface area contributed by atoms with Crippen LogP contribution >= 0.6 is 0 Å². The molecule has 1 aliphatic carbocycles. The first-order valence-electron chi connectivity index (χ1n) is 8.44. The summed E-state index contributed by atoms with van der Waals surface area (Å²) in [5.41, 5.74) is 1.35. The molecule has 3 fully saturated rings. The molecule has 23 heavy (non-hydrogen) atoms. The van der Waals surface area contributed by atoms with Gasteiger partial charge in [-0.25, -0.2) is 0 Å². The van der Waals surface area contributed by atoms with Gasteiger partial charge >= 0.3 is 0 Å². The summed E-state index contributed by atoms with van der Waals surface area (Å²) in [5.74, 6) is 2.68. The quantitative estimate of drug-likeness (QED) is 0.843. The molecule has 0 amide bonds. The molecule has 4 heterocycles. The molecule has 2 aliphatic heterocycles. The molecule has 3 aliphatic rings. The number of hydrogen-bond acceptors (Lipinski definition) is 6. The van der Waals surface area contributed by atoms with Gasteiger partial charge in [-0.2, -0.15) is 0 Å². The third kappa shape index (κ3) is 2.50. The van der Waals surface area contributed by atoms with Crippen LogP contribution in [0.1, 0.15) is 36.1 Å². The van der Waals surface area contributed by atoms with Gasteiger partial charge in [0.1, 0.15) is 0 Å². The number of ether oxygens (including phenoxy) is 1. The van der Waals surface area contributed by atoms with E-state index in [4.69, 9.17) is 13.6 Å². The minimum absolute atomic E-state index is 0.122. The average molecular weight is 315 g/mol. The highest BCUT2D eigenvalue weighted by Gasteiger charge is 2.51. The Morgan fingerprint density at radius 1 is 1.30 bits per heavy atom. The number of rotatable bonds is 5. The maximum atomic E-state index is 5.90. The predicted octanol–water partition coefficient (Wildman–Crippen LogP) is 2.23. The number of fused-ring (bicyclic) bond motifs is 1. The van der Waals surface area contributed by atoms with Crippen LogP contribution in [0.3, 0.4) is 0 Å². The third-order valence-corrected chi connectivity index (χ3v) is 5.49. The highest BCUT2D eigenvalue weighted by atomic mass is 16.5. The van der Waals surface area contributed by atoms with Crippen molar-refractivity contribution in [3.8, 4) is 0 Å². The van der Waals surface area contributed by atoms with E-state index in [9.17, 15) is 0 Å². The molecule has 2 aromatic heterocycles. The maximum Gasteiger partial charge on any atom is 0.219 e. The monoisotopic (exact) mass is 315 g/mol. The fourth-order valence-corrected chi connectivity index (χ4v) is 4.09. The van der Waals surface area contributed by atoms with E-state index in [-0.39, 0.29) is 5.41 Å². The van der Waals surface area contributed by atoms with E-state index >= 15 is 0 Å². The topological polar surface area (TPSA) is 64.5 Å². The molecule has 1 saturated carbocycles. The molecule has 0 aromatic carbocycles. The summed E-state index contributed by atoms with van der Waals surface area (Å²) in [6, 6.07) is 2.04. The third-order valence-electron chi connectivity index (χ3n) is 5.49. The van der Waals surface area contributed by atoms with Crippen molar-refractivity contribution in [2.75, 3.05) is 26.3 Å². The molecular weight excluding hydrogens is 294 g/mol. The van der Waals surface area contributed by atoms with Gasteiger partial charge in [0, 0.05) is 48.9 Å². The van der Waals surface area contributed by atoms with Crippen LogP contribution in [-0.4, -0.2) is 41.4 Å². The van der Waals surface area contributed by atoms with Crippen molar-refractivity contribution < 1.29 is 13.6 Å². The van der Waals surface area contributed by atoms with Gasteiger partial charge in [-0.1, -0.05) is 0 Å². The van der Waals surface area contributed by atoms with Gasteiger partial charge in [-0.15, -0.1) is 10.2 Å². The lowest BCUT2D eigenvalue weighted by Gasteiger charge is -2.25. The number of hydrogen-bond donors (Lipinski definition) is 0. The molecule has 0 N–H and O–H groups in total. The summed E-state index contributed by atoms with van der Waals surface area (Å²) in [6.07, 6.45) is 6.79. The van der Waals surface area contributed by atoms with Crippen LogP contribution in [0.15, 0.2) is 27.4 Å². The largest absolute Gasteiger partial charge is 0.472 e. The summed E-state index contributed by atoms with van der Waals surface area (Å²) in [4.78, 5) is 2.50. The lowest BCUT2D eigenvalue weighted by Crippen LogP contribution is -2.33. The van der Waals surface area contributed by atoms with Crippen LogP contribution in [0.4, 0.5) is 0 Å². The lowest BCUT2D eigenvalue weighted by atomic mass is 9.78. The molecule has 122 valence electrons. The first-order valence-corrected chi connectivity index (χ1v) is 8.44. The molecule has 2 atom stereocenters. The number of likely N-dealkylation sites (tertiary alicyclic amines) is 1. The minimum atomic E-state index is 0.122. The molecule has 2 saturated heterocycles. The summed E-state index contributed by atoms with van der Waals surface area (Å²) >= 11 is 0. The van der Waals surface area contributed by atoms with E-state index in [0.29, 0.717) is 11.8 Å². The maximum absolute atomic E-state index is 5.90. The number of nitrogens with zero attached hydrogens (tertiary/aromatic N) is 3. The van der Waals surface area contributed by atoms with Crippen molar-refractivity contribution in [2.45, 2.75) is 31.7 Å². The van der Waals surface area contributed by atoms with E-state index in [1.54, 1.807) is 6.26 Å². The normalized spacial score (nSPS) is 30.9. The van der Waals surface area contributed by atoms with Crippen LogP contribution in [-0.2, 0) is 17.7 Å². The van der Waals surface area contributed by atoms with Crippen LogP contribution in [0.5, 0.6) is 0 Å². The van der Waals surface area contributed by atoms with Gasteiger partial charge in [0.15, 0.2) is 0 Å². The van der Waals surface area contributed by atoms with E-state index < -0.39 is 0 Å². The summed E-state index contributed by atoms with van der Waals surface area (Å²) in [6.45, 7) is 4.65. The smallest absolute Gasteiger partial charge is 0.219 e. The fraction of sp³-hybridized carbons (Fsp3) is 0.647. The average Bonchev–Trinajstić information content (AvgIpc) is 2.92. The molecule has 2 aromatic rings. The van der Waals surface area contributed by atoms with Gasteiger partial charge in [-0.05, 0) is 18.9 Å². The van der Waals surface area contributed by atoms with E-state index in [0.717, 1.165) is 51.1 Å².